The third kappa shape index (κ3) is 7.97. The van der Waals surface area contributed by atoms with Crippen LogP contribution < -0.4 is 10.6 Å². The van der Waals surface area contributed by atoms with E-state index in [-0.39, 0.29) is 0 Å². The molecule has 0 aromatic rings. The number of likely N-dealkylation sites (N-methyl/N-ethyl adjacent to an activating group) is 1. The molecule has 110 valence electrons. The van der Waals surface area contributed by atoms with Gasteiger partial charge in [0.1, 0.15) is 12.6 Å². The van der Waals surface area contributed by atoms with Gasteiger partial charge < -0.3 is 10.4 Å². The second-order valence-electron chi connectivity index (χ2n) is 3.78. The molecule has 0 radical (unpaired) electrons. The summed E-state index contributed by atoms with van der Waals surface area (Å²) in [6.45, 7) is -0.681. The Bertz CT molecular complexity index is 359. The van der Waals surface area contributed by atoms with Gasteiger partial charge in [-0.15, -0.1) is 0 Å². The molecule has 19 heavy (non-hydrogen) atoms. The number of rotatable bonds is 5. The number of carbonyl (C=O) groups excluding carboxylic acids is 2. The molecule has 0 saturated heterocycles. The zero-order chi connectivity index (χ0) is 15.2. The van der Waals surface area contributed by atoms with Gasteiger partial charge in [0.2, 0.25) is 5.91 Å². The van der Waals surface area contributed by atoms with E-state index in [2.05, 4.69) is 0 Å². The number of amides is 3. The second kappa shape index (κ2) is 6.92. The Morgan fingerprint density at radius 1 is 1.32 bits per heavy atom. The molecule has 3 amide bonds. The fourth-order valence-electron chi connectivity index (χ4n) is 0.943. The highest BCUT2D eigenvalue weighted by Crippen LogP contribution is 2.11. The lowest BCUT2D eigenvalue weighted by molar-refractivity contribution is -0.142. The van der Waals surface area contributed by atoms with E-state index >= 15 is 0 Å². The van der Waals surface area contributed by atoms with Crippen LogP contribution in [0.1, 0.15) is 6.92 Å². The number of aliphatic carboxylic acids is 1. The number of hydrogen-bond acceptors (Lipinski definition) is 4. The van der Waals surface area contributed by atoms with Gasteiger partial charge in [-0.05, 0) is 14.0 Å². The molecule has 0 aromatic heterocycles. The lowest BCUT2D eigenvalue weighted by atomic mass is 10.3. The fourth-order valence-corrected chi connectivity index (χ4v) is 0.943. The Morgan fingerprint density at radius 3 is 2.26 bits per heavy atom. The quantitative estimate of drug-likeness (QED) is 0.648. The van der Waals surface area contributed by atoms with E-state index in [0.29, 0.717) is 0 Å². The normalized spacial score (nSPS) is 12.9. The number of halogens is 3. The van der Waals surface area contributed by atoms with Crippen LogP contribution in [0.15, 0.2) is 0 Å². The molecule has 0 aliphatic carbocycles. The second-order valence-corrected chi connectivity index (χ2v) is 3.78. The van der Waals surface area contributed by atoms with Crippen LogP contribution in [0.2, 0.25) is 0 Å². The van der Waals surface area contributed by atoms with E-state index in [9.17, 15) is 27.6 Å². The number of carboxylic acids is 1. The molecule has 0 aliphatic heterocycles. The number of urea groups is 1. The first-order valence-electron chi connectivity index (χ1n) is 5.10. The van der Waals surface area contributed by atoms with Gasteiger partial charge in [-0.2, -0.15) is 13.2 Å². The summed E-state index contributed by atoms with van der Waals surface area (Å²) >= 11 is 0. The highest BCUT2D eigenvalue weighted by atomic mass is 19.4. The van der Waals surface area contributed by atoms with Crippen molar-refractivity contribution in [2.45, 2.75) is 19.1 Å². The van der Waals surface area contributed by atoms with Crippen molar-refractivity contribution in [3.05, 3.63) is 0 Å². The summed E-state index contributed by atoms with van der Waals surface area (Å²) in [5.41, 5.74) is 0. The van der Waals surface area contributed by atoms with E-state index in [1.165, 1.54) is 19.3 Å². The summed E-state index contributed by atoms with van der Waals surface area (Å²) in [7, 11) is 1.33. The number of nitrogens with one attached hydrogen (secondary N) is 2. The van der Waals surface area contributed by atoms with Crippen molar-refractivity contribution in [3.8, 4) is 0 Å². The molecule has 1 atom stereocenters. The smallest absolute Gasteiger partial charge is 0.405 e. The van der Waals surface area contributed by atoms with Crippen LogP contribution in [0.4, 0.5) is 18.0 Å². The Hall–Kier alpha value is -1.84. The third-order valence-corrected chi connectivity index (χ3v) is 2.11. The summed E-state index contributed by atoms with van der Waals surface area (Å²) in [6, 6.07) is -2.26. The molecule has 10 heteroatoms. The Kier molecular flexibility index (Phi) is 6.25. The summed E-state index contributed by atoms with van der Waals surface area (Å²) in [5, 5.41) is 11.7. The molecule has 0 aromatic carbocycles. The molecule has 0 spiro atoms. The lowest BCUT2D eigenvalue weighted by Gasteiger charge is -2.20. The van der Waals surface area contributed by atoms with Crippen LogP contribution in [0.25, 0.3) is 0 Å². The zero-order valence-corrected chi connectivity index (χ0v) is 10.2. The standard InChI is InChI=1S/C9H14F3N3O4/c1-5(7(17)18)15(2)3-6(16)14-8(19)13-4-9(10,11)12/h5H,3-4H2,1-2H3,(H,17,18)(H2,13,14,16,19). The maximum Gasteiger partial charge on any atom is 0.405 e. The van der Waals surface area contributed by atoms with Crippen LogP contribution in [0, 0.1) is 0 Å². The predicted molar refractivity (Wildman–Crippen MR) is 57.3 cm³/mol. The average molecular weight is 285 g/mol. The summed E-state index contributed by atoms with van der Waals surface area (Å²) in [6.07, 6.45) is -4.57. The van der Waals surface area contributed by atoms with Crippen LogP contribution in [-0.4, -0.2) is 60.3 Å². The maximum absolute atomic E-state index is 11.8. The Morgan fingerprint density at radius 2 is 1.84 bits per heavy atom. The summed E-state index contributed by atoms with van der Waals surface area (Å²) in [5.74, 6) is -2.08. The molecule has 0 aliphatic rings. The van der Waals surface area contributed by atoms with Crippen molar-refractivity contribution in [2.24, 2.45) is 0 Å². The largest absolute Gasteiger partial charge is 0.480 e. The van der Waals surface area contributed by atoms with Crippen LogP contribution in [0.3, 0.4) is 0 Å². The highest BCUT2D eigenvalue weighted by molar-refractivity contribution is 5.95. The van der Waals surface area contributed by atoms with E-state index in [1.807, 2.05) is 0 Å². The number of carbonyl (C=O) groups is 3. The molecule has 7 nitrogen and oxygen atoms in total. The van der Waals surface area contributed by atoms with Crippen molar-refractivity contribution < 1.29 is 32.7 Å². The van der Waals surface area contributed by atoms with Crippen LogP contribution in [0.5, 0.6) is 0 Å². The first-order chi connectivity index (χ1) is 8.53. The van der Waals surface area contributed by atoms with Gasteiger partial charge in [0.05, 0.1) is 6.54 Å². The van der Waals surface area contributed by atoms with E-state index in [1.54, 1.807) is 5.32 Å². The van der Waals surface area contributed by atoms with Gasteiger partial charge >= 0.3 is 18.2 Å². The average Bonchev–Trinajstić information content (AvgIpc) is 2.23. The lowest BCUT2D eigenvalue weighted by Crippen LogP contribution is -2.48. The molecule has 0 rings (SSSR count). The predicted octanol–water partition coefficient (Wildman–Crippen LogP) is -0.221. The first kappa shape index (κ1) is 17.2. The topological polar surface area (TPSA) is 98.7 Å². The maximum atomic E-state index is 11.8. The van der Waals surface area contributed by atoms with Gasteiger partial charge in [0.25, 0.3) is 0 Å². The number of hydrogen-bond donors (Lipinski definition) is 3. The van der Waals surface area contributed by atoms with Crippen molar-refractivity contribution in [2.75, 3.05) is 20.1 Å². The van der Waals surface area contributed by atoms with Gasteiger partial charge in [-0.1, -0.05) is 0 Å². The zero-order valence-electron chi connectivity index (χ0n) is 10.2. The van der Waals surface area contributed by atoms with Crippen molar-refractivity contribution in [1.29, 1.82) is 0 Å². The summed E-state index contributed by atoms with van der Waals surface area (Å²) < 4.78 is 35.3. The number of imide groups is 1. The molecule has 0 saturated carbocycles. The molecule has 3 N–H and O–H groups in total. The van der Waals surface area contributed by atoms with Crippen molar-refractivity contribution in [1.82, 2.24) is 15.5 Å². The molecular formula is C9H14F3N3O4. The van der Waals surface area contributed by atoms with Crippen LogP contribution in [-0.2, 0) is 9.59 Å². The van der Waals surface area contributed by atoms with Gasteiger partial charge in [0.15, 0.2) is 0 Å². The molecule has 0 bridgehead atoms. The monoisotopic (exact) mass is 285 g/mol. The summed E-state index contributed by atoms with van der Waals surface area (Å²) in [4.78, 5) is 33.8. The number of carboxylic acid groups (broad SMARTS) is 1. The van der Waals surface area contributed by atoms with E-state index in [0.717, 1.165) is 4.90 Å². The van der Waals surface area contributed by atoms with Gasteiger partial charge in [0, 0.05) is 0 Å². The number of alkyl halides is 3. The minimum absolute atomic E-state index is 0.438. The SMILES string of the molecule is CC(C(=O)O)N(C)CC(=O)NC(=O)NCC(F)(F)F. The molecule has 0 heterocycles. The van der Waals surface area contributed by atoms with E-state index in [4.69, 9.17) is 5.11 Å². The number of nitrogens with zero attached hydrogens (tertiary/aromatic N) is 1. The van der Waals surface area contributed by atoms with Crippen LogP contribution >= 0.6 is 0 Å². The Labute approximate surface area is 106 Å². The van der Waals surface area contributed by atoms with Gasteiger partial charge in [-0.3, -0.25) is 19.8 Å². The Balaban J connectivity index is 4.11. The van der Waals surface area contributed by atoms with Gasteiger partial charge in [-0.25, -0.2) is 4.79 Å². The third-order valence-electron chi connectivity index (χ3n) is 2.11. The molecule has 0 fully saturated rings. The molecular weight excluding hydrogens is 271 g/mol. The first-order valence-corrected chi connectivity index (χ1v) is 5.10. The minimum Gasteiger partial charge on any atom is -0.480 e. The van der Waals surface area contributed by atoms with E-state index < -0.39 is 43.2 Å². The minimum atomic E-state index is -4.57. The molecule has 1 unspecified atom stereocenters. The van der Waals surface area contributed by atoms with Crippen molar-refractivity contribution in [3.63, 3.8) is 0 Å². The van der Waals surface area contributed by atoms with Crippen molar-refractivity contribution >= 4 is 17.9 Å². The fraction of sp³-hybridized carbons (Fsp3) is 0.667. The highest BCUT2D eigenvalue weighted by Gasteiger charge is 2.28.